The minimum Gasteiger partial charge on any atom is -0.469 e. The average Bonchev–Trinajstić information content (AvgIpc) is 2.68. The van der Waals surface area contributed by atoms with Gasteiger partial charge in [-0.1, -0.05) is 38.5 Å². The van der Waals surface area contributed by atoms with Gasteiger partial charge >= 0.3 is 5.97 Å². The van der Waals surface area contributed by atoms with Gasteiger partial charge in [0, 0.05) is 13.0 Å². The minimum absolute atomic E-state index is 0.172. The summed E-state index contributed by atoms with van der Waals surface area (Å²) in [5.41, 5.74) is 0. The van der Waals surface area contributed by atoms with Crippen molar-refractivity contribution >= 4 is 11.9 Å². The van der Waals surface area contributed by atoms with E-state index in [1.165, 1.54) is 7.11 Å². The number of aliphatic hydroxyl groups is 5. The summed E-state index contributed by atoms with van der Waals surface area (Å²) in [7, 11) is 1.39. The monoisotopic (exact) mass is 393 g/mol. The van der Waals surface area contributed by atoms with Gasteiger partial charge in [-0.3, -0.25) is 9.59 Å². The van der Waals surface area contributed by atoms with E-state index in [4.69, 9.17) is 5.11 Å². The molecule has 0 aromatic rings. The molecule has 0 aromatic carbocycles. The fourth-order valence-corrected chi connectivity index (χ4v) is 2.55. The van der Waals surface area contributed by atoms with Gasteiger partial charge in [-0.25, -0.2) is 0 Å². The second kappa shape index (κ2) is 15.8. The maximum atomic E-state index is 11.7. The molecule has 0 spiro atoms. The summed E-state index contributed by atoms with van der Waals surface area (Å²) in [6.45, 7) is -0.460. The van der Waals surface area contributed by atoms with E-state index in [2.05, 4.69) is 10.1 Å². The number of hydrogen-bond acceptors (Lipinski definition) is 8. The van der Waals surface area contributed by atoms with Crippen molar-refractivity contribution < 1.29 is 39.9 Å². The van der Waals surface area contributed by atoms with Crippen LogP contribution in [0.3, 0.4) is 0 Å². The van der Waals surface area contributed by atoms with Crippen molar-refractivity contribution in [2.24, 2.45) is 0 Å². The van der Waals surface area contributed by atoms with E-state index in [1.807, 2.05) is 0 Å². The number of rotatable bonds is 16. The molecule has 0 aliphatic rings. The molecule has 9 heteroatoms. The van der Waals surface area contributed by atoms with Crippen LogP contribution >= 0.6 is 0 Å². The van der Waals surface area contributed by atoms with Crippen LogP contribution in [0.2, 0.25) is 0 Å². The third-order valence-electron chi connectivity index (χ3n) is 4.36. The molecule has 1 amide bonds. The summed E-state index contributed by atoms with van der Waals surface area (Å²) in [6.07, 6.45) is 0.961. The van der Waals surface area contributed by atoms with Crippen LogP contribution in [0.5, 0.6) is 0 Å². The lowest BCUT2D eigenvalue weighted by molar-refractivity contribution is -0.148. The molecule has 0 heterocycles. The van der Waals surface area contributed by atoms with Crippen LogP contribution in [0, 0.1) is 0 Å². The van der Waals surface area contributed by atoms with Gasteiger partial charge in [0.15, 0.2) is 6.10 Å². The molecule has 27 heavy (non-hydrogen) atoms. The molecule has 0 saturated carbocycles. The van der Waals surface area contributed by atoms with E-state index in [9.17, 15) is 30.0 Å². The van der Waals surface area contributed by atoms with Gasteiger partial charge in [0.1, 0.15) is 18.3 Å². The van der Waals surface area contributed by atoms with Crippen molar-refractivity contribution in [3.05, 3.63) is 0 Å². The third kappa shape index (κ3) is 11.9. The first kappa shape index (κ1) is 25.7. The van der Waals surface area contributed by atoms with Crippen molar-refractivity contribution in [1.29, 1.82) is 0 Å². The Hall–Kier alpha value is -1.26. The highest BCUT2D eigenvalue weighted by molar-refractivity contribution is 5.81. The molecule has 0 aliphatic heterocycles. The zero-order chi connectivity index (χ0) is 20.7. The number of amides is 1. The maximum absolute atomic E-state index is 11.7. The predicted molar refractivity (Wildman–Crippen MR) is 97.7 cm³/mol. The molecule has 0 radical (unpaired) electrons. The number of ether oxygens (including phenoxy) is 1. The van der Waals surface area contributed by atoms with E-state index >= 15 is 0 Å². The molecule has 0 saturated heterocycles. The van der Waals surface area contributed by atoms with Gasteiger partial charge in [-0.15, -0.1) is 0 Å². The normalized spacial score (nSPS) is 15.6. The lowest BCUT2D eigenvalue weighted by Crippen LogP contribution is -2.51. The minimum atomic E-state index is -1.88. The summed E-state index contributed by atoms with van der Waals surface area (Å²) >= 11 is 0. The number of hydrogen-bond donors (Lipinski definition) is 6. The van der Waals surface area contributed by atoms with Crippen molar-refractivity contribution in [3.63, 3.8) is 0 Å². The molecule has 0 bridgehead atoms. The molecule has 0 fully saturated rings. The number of carbonyl (C=O) groups excluding carboxylic acids is 2. The van der Waals surface area contributed by atoms with Crippen molar-refractivity contribution in [3.8, 4) is 0 Å². The quantitative estimate of drug-likeness (QED) is 0.147. The summed E-state index contributed by atoms with van der Waals surface area (Å²) in [4.78, 5) is 22.6. The third-order valence-corrected chi connectivity index (χ3v) is 4.36. The Bertz CT molecular complexity index is 407. The molecule has 0 aliphatic carbocycles. The molecule has 160 valence electrons. The highest BCUT2D eigenvalue weighted by Gasteiger charge is 2.33. The fraction of sp³-hybridized carbons (Fsp3) is 0.889. The van der Waals surface area contributed by atoms with Gasteiger partial charge in [0.2, 0.25) is 0 Å². The standard InChI is InChI=1S/C18H35NO8/c1-27-14(22)10-8-6-4-2-3-5-7-9-11-19-18(26)17(25)16(24)15(23)13(21)12-20/h13,15-17,20-21,23-25H,2-12H2,1H3,(H,19,26). The summed E-state index contributed by atoms with van der Waals surface area (Å²) in [6, 6.07) is 0. The van der Waals surface area contributed by atoms with Crippen LogP contribution in [-0.4, -0.2) is 82.1 Å². The number of carbonyl (C=O) groups is 2. The predicted octanol–water partition coefficient (Wildman–Crippen LogP) is -0.778. The van der Waals surface area contributed by atoms with Crippen molar-refractivity contribution in [2.45, 2.75) is 82.2 Å². The van der Waals surface area contributed by atoms with E-state index < -0.39 is 36.9 Å². The molecular formula is C18H35NO8. The second-order valence-electron chi connectivity index (χ2n) is 6.62. The lowest BCUT2D eigenvalue weighted by atomic mass is 10.0. The van der Waals surface area contributed by atoms with Crippen LogP contribution in [0.1, 0.15) is 57.8 Å². The topological polar surface area (TPSA) is 157 Å². The van der Waals surface area contributed by atoms with Gasteiger partial charge in [0.25, 0.3) is 5.91 Å². The maximum Gasteiger partial charge on any atom is 0.305 e. The second-order valence-corrected chi connectivity index (χ2v) is 6.62. The molecule has 6 N–H and O–H groups in total. The Morgan fingerprint density at radius 1 is 0.852 bits per heavy atom. The number of methoxy groups -OCH3 is 1. The highest BCUT2D eigenvalue weighted by Crippen LogP contribution is 2.10. The first-order chi connectivity index (χ1) is 12.8. The smallest absolute Gasteiger partial charge is 0.305 e. The highest BCUT2D eigenvalue weighted by atomic mass is 16.5. The van der Waals surface area contributed by atoms with E-state index in [-0.39, 0.29) is 5.97 Å². The fourth-order valence-electron chi connectivity index (χ4n) is 2.55. The van der Waals surface area contributed by atoms with Gasteiger partial charge < -0.3 is 35.6 Å². The van der Waals surface area contributed by atoms with Gasteiger partial charge in [-0.2, -0.15) is 0 Å². The number of unbranched alkanes of at least 4 members (excludes halogenated alkanes) is 7. The number of aliphatic hydroxyl groups excluding tert-OH is 5. The van der Waals surface area contributed by atoms with Crippen LogP contribution in [-0.2, 0) is 14.3 Å². The number of nitrogens with one attached hydrogen (secondary N) is 1. The van der Waals surface area contributed by atoms with E-state index in [0.29, 0.717) is 13.0 Å². The summed E-state index contributed by atoms with van der Waals surface area (Å²) < 4.78 is 4.57. The SMILES string of the molecule is COC(=O)CCCCCCCCCCNC(=O)C(O)C(O)C(O)C(O)CO. The van der Waals surface area contributed by atoms with Gasteiger partial charge in [0.05, 0.1) is 13.7 Å². The molecular weight excluding hydrogens is 358 g/mol. The van der Waals surface area contributed by atoms with E-state index in [0.717, 1.165) is 51.4 Å². The van der Waals surface area contributed by atoms with Crippen LogP contribution < -0.4 is 5.32 Å². The molecule has 0 aromatic heterocycles. The Morgan fingerprint density at radius 2 is 1.37 bits per heavy atom. The van der Waals surface area contributed by atoms with Crippen LogP contribution in [0.25, 0.3) is 0 Å². The van der Waals surface area contributed by atoms with Crippen molar-refractivity contribution in [1.82, 2.24) is 5.32 Å². The summed E-state index contributed by atoms with van der Waals surface area (Å²) in [5, 5.41) is 49.1. The molecule has 4 unspecified atom stereocenters. The van der Waals surface area contributed by atoms with Gasteiger partial charge in [-0.05, 0) is 12.8 Å². The molecule has 9 nitrogen and oxygen atoms in total. The molecule has 0 rings (SSSR count). The largest absolute Gasteiger partial charge is 0.469 e. The Kier molecular flexibility index (Phi) is 15.0. The summed E-state index contributed by atoms with van der Waals surface area (Å²) in [5.74, 6) is -1.01. The zero-order valence-corrected chi connectivity index (χ0v) is 16.0. The zero-order valence-electron chi connectivity index (χ0n) is 16.0. The Balaban J connectivity index is 3.64. The van der Waals surface area contributed by atoms with E-state index in [1.54, 1.807) is 0 Å². The Morgan fingerprint density at radius 3 is 1.89 bits per heavy atom. The van der Waals surface area contributed by atoms with Crippen LogP contribution in [0.4, 0.5) is 0 Å². The first-order valence-electron chi connectivity index (χ1n) is 9.52. The lowest BCUT2D eigenvalue weighted by Gasteiger charge is -2.24. The average molecular weight is 393 g/mol. The number of esters is 1. The molecule has 4 atom stereocenters. The Labute approximate surface area is 160 Å². The first-order valence-corrected chi connectivity index (χ1v) is 9.52. The van der Waals surface area contributed by atoms with Crippen LogP contribution in [0.15, 0.2) is 0 Å². The van der Waals surface area contributed by atoms with Crippen molar-refractivity contribution in [2.75, 3.05) is 20.3 Å².